The lowest BCUT2D eigenvalue weighted by Gasteiger charge is -1.92. The van der Waals surface area contributed by atoms with E-state index in [1.54, 1.807) is 0 Å². The fourth-order valence-electron chi connectivity index (χ4n) is 1.75. The first kappa shape index (κ1) is 12.1. The Balaban J connectivity index is 1.90. The van der Waals surface area contributed by atoms with Gasteiger partial charge in [0.05, 0.1) is 10.2 Å². The van der Waals surface area contributed by atoms with Crippen molar-refractivity contribution in [2.45, 2.75) is 13.2 Å². The molecule has 3 rings (SSSR count). The zero-order valence-corrected chi connectivity index (χ0v) is 11.0. The van der Waals surface area contributed by atoms with Gasteiger partial charge in [0.1, 0.15) is 18.2 Å². The Bertz CT molecular complexity index is 726. The van der Waals surface area contributed by atoms with E-state index in [4.69, 9.17) is 9.15 Å². The molecule has 6 nitrogen and oxygen atoms in total. The second kappa shape index (κ2) is 4.94. The molecule has 1 aromatic carbocycles. The van der Waals surface area contributed by atoms with Crippen LogP contribution in [-0.4, -0.2) is 21.9 Å². The maximum Gasteiger partial charge on any atom is 0.437 e. The van der Waals surface area contributed by atoms with Crippen molar-refractivity contribution in [3.05, 3.63) is 45.7 Å². The number of nitrogens with zero attached hydrogens (tertiary/aromatic N) is 3. The van der Waals surface area contributed by atoms with Gasteiger partial charge in [0.15, 0.2) is 0 Å². The van der Waals surface area contributed by atoms with Gasteiger partial charge in [-0.15, -0.1) is 16.4 Å². The normalized spacial score (nSPS) is 11.2. The highest BCUT2D eigenvalue weighted by molar-refractivity contribution is 7.18. The van der Waals surface area contributed by atoms with Crippen molar-refractivity contribution < 1.29 is 9.15 Å². The second-order valence-corrected chi connectivity index (χ2v) is 5.04. The maximum atomic E-state index is 11.6. The fraction of sp³-hybridized carbons (Fsp3) is 0.250. The van der Waals surface area contributed by atoms with Crippen molar-refractivity contribution >= 4 is 21.6 Å². The molecule has 0 fully saturated rings. The molecular weight excluding hydrogens is 266 g/mol. The van der Waals surface area contributed by atoms with E-state index in [0.29, 0.717) is 6.54 Å². The van der Waals surface area contributed by atoms with Crippen molar-refractivity contribution in [2.24, 2.45) is 0 Å². The number of methoxy groups -OCH3 is 1. The van der Waals surface area contributed by atoms with E-state index in [2.05, 4.69) is 10.1 Å². The molecule has 2 heterocycles. The number of thiazole rings is 1. The molecule has 19 heavy (non-hydrogen) atoms. The van der Waals surface area contributed by atoms with E-state index < -0.39 is 5.76 Å². The van der Waals surface area contributed by atoms with Crippen LogP contribution in [0.25, 0.3) is 10.2 Å². The van der Waals surface area contributed by atoms with Gasteiger partial charge < -0.3 is 9.15 Å². The molecule has 7 heteroatoms. The highest BCUT2D eigenvalue weighted by atomic mass is 32.1. The van der Waals surface area contributed by atoms with Crippen molar-refractivity contribution in [1.29, 1.82) is 0 Å². The number of hydrogen-bond acceptors (Lipinski definition) is 6. The summed E-state index contributed by atoms with van der Waals surface area (Å²) in [6.07, 6.45) is 0. The highest BCUT2D eigenvalue weighted by Gasteiger charge is 2.10. The van der Waals surface area contributed by atoms with Crippen LogP contribution in [0.2, 0.25) is 0 Å². The third-order valence-electron chi connectivity index (χ3n) is 2.54. The van der Waals surface area contributed by atoms with Crippen LogP contribution >= 0.6 is 11.3 Å². The molecule has 0 saturated carbocycles. The summed E-state index contributed by atoms with van der Waals surface area (Å²) in [5.41, 5.74) is 0.927. The van der Waals surface area contributed by atoms with Crippen LogP contribution in [0.4, 0.5) is 0 Å². The standard InChI is InChI=1S/C12H11N3O3S/c1-17-7-10-14-15(12(16)18-10)6-11-13-8-4-2-3-5-9(8)19-11/h2-5H,6-7H2,1H3. The van der Waals surface area contributed by atoms with Gasteiger partial charge in [0, 0.05) is 7.11 Å². The van der Waals surface area contributed by atoms with Crippen molar-refractivity contribution in [1.82, 2.24) is 14.8 Å². The smallest absolute Gasteiger partial charge is 0.390 e. The minimum atomic E-state index is -0.494. The number of benzene rings is 1. The summed E-state index contributed by atoms with van der Waals surface area (Å²) in [6, 6.07) is 7.84. The SMILES string of the molecule is COCc1nn(Cc2nc3ccccc3s2)c(=O)o1. The van der Waals surface area contributed by atoms with E-state index in [-0.39, 0.29) is 12.5 Å². The first-order chi connectivity index (χ1) is 9.26. The number of ether oxygens (including phenoxy) is 1. The van der Waals surface area contributed by atoms with Gasteiger partial charge in [-0.05, 0) is 12.1 Å². The summed E-state index contributed by atoms with van der Waals surface area (Å²) in [7, 11) is 1.52. The highest BCUT2D eigenvalue weighted by Crippen LogP contribution is 2.21. The van der Waals surface area contributed by atoms with Gasteiger partial charge in [-0.3, -0.25) is 0 Å². The summed E-state index contributed by atoms with van der Waals surface area (Å²) in [5.74, 6) is -0.222. The minimum absolute atomic E-state index is 0.183. The molecule has 2 aromatic heterocycles. The number of rotatable bonds is 4. The fourth-order valence-corrected chi connectivity index (χ4v) is 2.70. The molecule has 0 saturated heterocycles. The van der Waals surface area contributed by atoms with E-state index in [9.17, 15) is 4.79 Å². The predicted molar refractivity (Wildman–Crippen MR) is 70.2 cm³/mol. The van der Waals surface area contributed by atoms with Crippen LogP contribution in [0, 0.1) is 0 Å². The molecule has 0 aliphatic rings. The van der Waals surface area contributed by atoms with Crippen LogP contribution in [0.15, 0.2) is 33.5 Å². The number of para-hydroxylation sites is 1. The molecule has 3 aromatic rings. The summed E-state index contributed by atoms with van der Waals surface area (Å²) in [5, 5.41) is 4.86. The lowest BCUT2D eigenvalue weighted by Crippen LogP contribution is -2.16. The van der Waals surface area contributed by atoms with Crippen LogP contribution in [-0.2, 0) is 17.9 Å². The summed E-state index contributed by atoms with van der Waals surface area (Å²) >= 11 is 1.54. The van der Waals surface area contributed by atoms with E-state index in [1.807, 2.05) is 24.3 Å². The van der Waals surface area contributed by atoms with Gasteiger partial charge in [-0.1, -0.05) is 12.1 Å². The molecule has 0 atom stereocenters. The average molecular weight is 277 g/mol. The van der Waals surface area contributed by atoms with E-state index >= 15 is 0 Å². The molecule has 0 unspecified atom stereocenters. The number of hydrogen-bond donors (Lipinski definition) is 0. The Kier molecular flexibility index (Phi) is 3.14. The van der Waals surface area contributed by atoms with Crippen LogP contribution in [0.5, 0.6) is 0 Å². The summed E-state index contributed by atoms with van der Waals surface area (Å²) in [4.78, 5) is 16.0. The Hall–Kier alpha value is -1.99. The third-order valence-corrected chi connectivity index (χ3v) is 3.56. The lowest BCUT2D eigenvalue weighted by atomic mass is 10.3. The Morgan fingerprint density at radius 2 is 2.26 bits per heavy atom. The van der Waals surface area contributed by atoms with Crippen LogP contribution in [0.1, 0.15) is 10.9 Å². The minimum Gasteiger partial charge on any atom is -0.390 e. The summed E-state index contributed by atoms with van der Waals surface area (Å²) < 4.78 is 12.2. The largest absolute Gasteiger partial charge is 0.437 e. The quantitative estimate of drug-likeness (QED) is 0.725. The van der Waals surface area contributed by atoms with Gasteiger partial charge in [-0.2, -0.15) is 4.68 Å². The Labute approximate surface area is 112 Å². The molecule has 98 valence electrons. The molecule has 0 amide bonds. The van der Waals surface area contributed by atoms with Gasteiger partial charge in [-0.25, -0.2) is 9.78 Å². The first-order valence-corrected chi connectivity index (χ1v) is 6.48. The van der Waals surface area contributed by atoms with E-state index in [0.717, 1.165) is 15.2 Å². The Morgan fingerprint density at radius 3 is 3.05 bits per heavy atom. The molecule has 0 N–H and O–H groups in total. The number of fused-ring (bicyclic) bond motifs is 1. The topological polar surface area (TPSA) is 70.2 Å². The van der Waals surface area contributed by atoms with Gasteiger partial charge in [0.2, 0.25) is 5.89 Å². The van der Waals surface area contributed by atoms with Crippen LogP contribution < -0.4 is 5.76 Å². The third kappa shape index (κ3) is 2.42. The summed E-state index contributed by atoms with van der Waals surface area (Å²) in [6.45, 7) is 0.494. The van der Waals surface area contributed by atoms with Gasteiger partial charge in [0.25, 0.3) is 0 Å². The maximum absolute atomic E-state index is 11.6. The molecule has 0 aliphatic carbocycles. The van der Waals surface area contributed by atoms with Crippen LogP contribution in [0.3, 0.4) is 0 Å². The second-order valence-electron chi connectivity index (χ2n) is 3.93. The zero-order chi connectivity index (χ0) is 13.2. The Morgan fingerprint density at radius 1 is 1.42 bits per heavy atom. The lowest BCUT2D eigenvalue weighted by molar-refractivity contribution is 0.158. The predicted octanol–water partition coefficient (Wildman–Crippen LogP) is 1.64. The first-order valence-electron chi connectivity index (χ1n) is 5.66. The van der Waals surface area contributed by atoms with Crippen molar-refractivity contribution in [3.63, 3.8) is 0 Å². The van der Waals surface area contributed by atoms with Gasteiger partial charge >= 0.3 is 5.76 Å². The van der Waals surface area contributed by atoms with E-state index in [1.165, 1.54) is 23.1 Å². The van der Waals surface area contributed by atoms with Crippen molar-refractivity contribution in [2.75, 3.05) is 7.11 Å². The molecule has 0 radical (unpaired) electrons. The number of aromatic nitrogens is 3. The van der Waals surface area contributed by atoms with Crippen molar-refractivity contribution in [3.8, 4) is 0 Å². The molecule has 0 aliphatic heterocycles. The zero-order valence-electron chi connectivity index (χ0n) is 10.2. The molecule has 0 bridgehead atoms. The molecule has 0 spiro atoms. The molecular formula is C12H11N3O3S. The monoisotopic (exact) mass is 277 g/mol. The average Bonchev–Trinajstić information content (AvgIpc) is 2.94.